The number of carboxylic acid groups (broad SMARTS) is 1. The molecule has 0 radical (unpaired) electrons. The molecule has 1 amide bonds. The average Bonchev–Trinajstić information content (AvgIpc) is 2.71. The second-order valence-electron chi connectivity index (χ2n) is 5.29. The van der Waals surface area contributed by atoms with E-state index in [4.69, 9.17) is 10.8 Å². The molecule has 0 spiro atoms. The number of carboxylic acids is 1. The molecular formula is C12H20N2O4. The highest BCUT2D eigenvalue weighted by Gasteiger charge is 2.42. The van der Waals surface area contributed by atoms with E-state index in [0.717, 1.165) is 25.7 Å². The van der Waals surface area contributed by atoms with Crippen LogP contribution in [0.15, 0.2) is 0 Å². The number of carbonyl (C=O) groups is 2. The molecule has 0 aromatic rings. The van der Waals surface area contributed by atoms with E-state index >= 15 is 0 Å². The van der Waals surface area contributed by atoms with Gasteiger partial charge in [0.1, 0.15) is 6.04 Å². The summed E-state index contributed by atoms with van der Waals surface area (Å²) in [5.41, 5.74) is 5.95. The molecule has 1 saturated heterocycles. The lowest BCUT2D eigenvalue weighted by Crippen LogP contribution is -2.49. The van der Waals surface area contributed by atoms with Crippen LogP contribution < -0.4 is 5.73 Å². The van der Waals surface area contributed by atoms with Gasteiger partial charge in [-0.05, 0) is 12.8 Å². The van der Waals surface area contributed by atoms with Crippen molar-refractivity contribution in [1.29, 1.82) is 0 Å². The molecule has 1 aliphatic carbocycles. The molecule has 4 unspecified atom stereocenters. The monoisotopic (exact) mass is 256 g/mol. The minimum Gasteiger partial charge on any atom is -0.480 e. The molecule has 2 aliphatic rings. The summed E-state index contributed by atoms with van der Waals surface area (Å²) in [6, 6.07) is -1.08. The maximum Gasteiger partial charge on any atom is 0.326 e. The molecule has 18 heavy (non-hydrogen) atoms. The van der Waals surface area contributed by atoms with Gasteiger partial charge in [-0.3, -0.25) is 4.79 Å². The molecule has 1 aliphatic heterocycles. The maximum absolute atomic E-state index is 12.3. The zero-order chi connectivity index (χ0) is 13.3. The molecule has 2 fully saturated rings. The smallest absolute Gasteiger partial charge is 0.326 e. The highest BCUT2D eigenvalue weighted by Crippen LogP contribution is 2.28. The van der Waals surface area contributed by atoms with E-state index < -0.39 is 18.1 Å². The summed E-state index contributed by atoms with van der Waals surface area (Å²) in [4.78, 5) is 24.7. The molecule has 102 valence electrons. The Morgan fingerprint density at radius 3 is 2.50 bits per heavy atom. The first-order valence-electron chi connectivity index (χ1n) is 6.47. The van der Waals surface area contributed by atoms with Crippen LogP contribution in [-0.2, 0) is 9.59 Å². The molecule has 0 bridgehead atoms. The first-order chi connectivity index (χ1) is 8.50. The molecule has 4 N–H and O–H groups in total. The lowest BCUT2D eigenvalue weighted by Gasteiger charge is -2.32. The summed E-state index contributed by atoms with van der Waals surface area (Å²) >= 11 is 0. The van der Waals surface area contributed by atoms with E-state index in [2.05, 4.69) is 0 Å². The molecule has 1 saturated carbocycles. The van der Waals surface area contributed by atoms with Gasteiger partial charge in [0, 0.05) is 19.0 Å². The summed E-state index contributed by atoms with van der Waals surface area (Å²) in [6.45, 7) is 0.110. The molecule has 6 heteroatoms. The molecule has 0 aromatic carbocycles. The fraction of sp³-hybridized carbons (Fsp3) is 0.833. The minimum absolute atomic E-state index is 0.110. The Morgan fingerprint density at radius 2 is 1.89 bits per heavy atom. The number of rotatable bonds is 2. The third kappa shape index (κ3) is 2.49. The number of amides is 1. The lowest BCUT2D eigenvalue weighted by molar-refractivity contribution is -0.150. The number of aliphatic hydroxyl groups is 1. The van der Waals surface area contributed by atoms with Crippen molar-refractivity contribution in [3.8, 4) is 0 Å². The van der Waals surface area contributed by atoms with Crippen molar-refractivity contribution >= 4 is 11.9 Å². The van der Waals surface area contributed by atoms with Crippen LogP contribution in [-0.4, -0.2) is 51.7 Å². The zero-order valence-corrected chi connectivity index (χ0v) is 10.3. The normalized spacial score (nSPS) is 36.7. The fourth-order valence-electron chi connectivity index (χ4n) is 2.97. The third-order valence-electron chi connectivity index (χ3n) is 3.98. The van der Waals surface area contributed by atoms with Crippen molar-refractivity contribution in [3.63, 3.8) is 0 Å². The lowest BCUT2D eigenvalue weighted by atomic mass is 9.84. The molecule has 1 heterocycles. The molecule has 6 nitrogen and oxygen atoms in total. The van der Waals surface area contributed by atoms with Crippen molar-refractivity contribution < 1.29 is 19.8 Å². The van der Waals surface area contributed by atoms with Crippen molar-refractivity contribution in [2.75, 3.05) is 6.54 Å². The number of β-amino-alcohol motifs (C(OH)–C–C–N with tert-alkyl or cyclic N) is 1. The number of aliphatic carboxylic acids is 1. The van der Waals surface area contributed by atoms with Crippen LogP contribution in [0.4, 0.5) is 0 Å². The van der Waals surface area contributed by atoms with Crippen LogP contribution in [0.5, 0.6) is 0 Å². The van der Waals surface area contributed by atoms with E-state index in [9.17, 15) is 14.7 Å². The van der Waals surface area contributed by atoms with Gasteiger partial charge >= 0.3 is 5.97 Å². The average molecular weight is 256 g/mol. The maximum atomic E-state index is 12.3. The Morgan fingerprint density at radius 1 is 1.22 bits per heavy atom. The number of likely N-dealkylation sites (tertiary alicyclic amines) is 1. The highest BCUT2D eigenvalue weighted by atomic mass is 16.4. The second kappa shape index (κ2) is 5.24. The number of aliphatic hydroxyl groups excluding tert-OH is 1. The topological polar surface area (TPSA) is 104 Å². The van der Waals surface area contributed by atoms with Crippen LogP contribution in [0.2, 0.25) is 0 Å². The van der Waals surface area contributed by atoms with Gasteiger partial charge < -0.3 is 20.8 Å². The van der Waals surface area contributed by atoms with Crippen LogP contribution >= 0.6 is 0 Å². The Kier molecular flexibility index (Phi) is 3.87. The van der Waals surface area contributed by atoms with Crippen LogP contribution in [0.25, 0.3) is 0 Å². The predicted octanol–water partition coefficient (Wildman–Crippen LogP) is -0.450. The van der Waals surface area contributed by atoms with E-state index in [-0.39, 0.29) is 30.8 Å². The largest absolute Gasteiger partial charge is 0.480 e. The Balaban J connectivity index is 2.09. The Bertz CT molecular complexity index is 347. The summed E-state index contributed by atoms with van der Waals surface area (Å²) in [5.74, 6) is -1.54. The first-order valence-corrected chi connectivity index (χ1v) is 6.47. The number of carbonyl (C=O) groups excluding carboxylic acids is 1. The predicted molar refractivity (Wildman–Crippen MR) is 63.7 cm³/mol. The van der Waals surface area contributed by atoms with Gasteiger partial charge in [0.15, 0.2) is 0 Å². The summed E-state index contributed by atoms with van der Waals surface area (Å²) in [6.07, 6.45) is 2.88. The SMILES string of the molecule is NC1CCCCC1C(=O)N1CC(O)CC1C(=O)O. The van der Waals surface area contributed by atoms with E-state index in [0.29, 0.717) is 0 Å². The van der Waals surface area contributed by atoms with Gasteiger partial charge in [-0.25, -0.2) is 4.79 Å². The number of hydrogen-bond donors (Lipinski definition) is 3. The highest BCUT2D eigenvalue weighted by molar-refractivity contribution is 5.86. The zero-order valence-electron chi connectivity index (χ0n) is 10.3. The second-order valence-corrected chi connectivity index (χ2v) is 5.29. The molecule has 2 rings (SSSR count). The van der Waals surface area contributed by atoms with Gasteiger partial charge in [-0.2, -0.15) is 0 Å². The minimum atomic E-state index is -1.05. The standard InChI is InChI=1S/C12H20N2O4/c13-9-4-2-1-3-8(9)11(16)14-6-7(15)5-10(14)12(17)18/h7-10,15H,1-6,13H2,(H,17,18). The van der Waals surface area contributed by atoms with Crippen LogP contribution in [0, 0.1) is 5.92 Å². The van der Waals surface area contributed by atoms with Gasteiger partial charge in [0.05, 0.1) is 12.0 Å². The fourth-order valence-corrected chi connectivity index (χ4v) is 2.97. The Hall–Kier alpha value is -1.14. The van der Waals surface area contributed by atoms with Crippen LogP contribution in [0.3, 0.4) is 0 Å². The quantitative estimate of drug-likeness (QED) is 0.621. The van der Waals surface area contributed by atoms with Gasteiger partial charge in [0.2, 0.25) is 5.91 Å². The van der Waals surface area contributed by atoms with Crippen molar-refractivity contribution in [2.45, 2.75) is 50.3 Å². The van der Waals surface area contributed by atoms with E-state index in [1.54, 1.807) is 0 Å². The molecule has 0 aromatic heterocycles. The number of hydrogen-bond acceptors (Lipinski definition) is 4. The molecular weight excluding hydrogens is 236 g/mol. The summed E-state index contributed by atoms with van der Waals surface area (Å²) in [7, 11) is 0. The van der Waals surface area contributed by atoms with Gasteiger partial charge in [-0.15, -0.1) is 0 Å². The van der Waals surface area contributed by atoms with Gasteiger partial charge in [0.25, 0.3) is 0 Å². The number of nitrogens with two attached hydrogens (primary N) is 1. The van der Waals surface area contributed by atoms with Gasteiger partial charge in [-0.1, -0.05) is 12.8 Å². The van der Waals surface area contributed by atoms with Crippen molar-refractivity contribution in [1.82, 2.24) is 4.90 Å². The first kappa shape index (κ1) is 13.3. The summed E-state index contributed by atoms with van der Waals surface area (Å²) < 4.78 is 0. The van der Waals surface area contributed by atoms with Crippen LogP contribution in [0.1, 0.15) is 32.1 Å². The van der Waals surface area contributed by atoms with E-state index in [1.807, 2.05) is 0 Å². The van der Waals surface area contributed by atoms with Crippen molar-refractivity contribution in [3.05, 3.63) is 0 Å². The molecule has 4 atom stereocenters. The number of nitrogens with zero attached hydrogens (tertiary/aromatic N) is 1. The van der Waals surface area contributed by atoms with Crippen molar-refractivity contribution in [2.24, 2.45) is 11.7 Å². The Labute approximate surface area is 106 Å². The summed E-state index contributed by atoms with van der Waals surface area (Å²) in [5, 5.41) is 18.6. The van der Waals surface area contributed by atoms with E-state index in [1.165, 1.54) is 4.90 Å². The third-order valence-corrected chi connectivity index (χ3v) is 3.98.